The van der Waals surface area contributed by atoms with Crippen molar-refractivity contribution in [3.05, 3.63) is 74.4 Å². The molecule has 3 aromatic rings. The number of phenolic OH excluding ortho intramolecular Hbond substituents is 1. The Morgan fingerprint density at radius 1 is 1.12 bits per heavy atom. The van der Waals surface area contributed by atoms with Crippen LogP contribution >= 0.6 is 49.9 Å². The lowest BCUT2D eigenvalue weighted by molar-refractivity contribution is -0.139. The quantitative estimate of drug-likeness (QED) is 0.251. The largest absolute Gasteiger partial charge is 0.504 e. The summed E-state index contributed by atoms with van der Waals surface area (Å²) in [5, 5.41) is 10.3. The van der Waals surface area contributed by atoms with E-state index in [-0.39, 0.29) is 23.5 Å². The van der Waals surface area contributed by atoms with E-state index in [2.05, 4.69) is 20.9 Å². The summed E-state index contributed by atoms with van der Waals surface area (Å²) in [5.74, 6) is 0.806. The Hall–Kier alpha value is -2.84. The fraction of sp³-hybridized carbons (Fsp3) is 0.321. The first-order valence-corrected chi connectivity index (χ1v) is 15.2. The topological polar surface area (TPSA) is 109 Å². The highest BCUT2D eigenvalue weighted by Crippen LogP contribution is 2.41. The number of hydrogen-bond donors (Lipinski definition) is 1. The van der Waals surface area contributed by atoms with Crippen molar-refractivity contribution in [1.82, 2.24) is 4.57 Å². The van der Waals surface area contributed by atoms with E-state index >= 15 is 0 Å². The molecular weight excluding hydrogens is 715 g/mol. The monoisotopic (exact) mass is 742 g/mol. The van der Waals surface area contributed by atoms with Crippen LogP contribution in [-0.2, 0) is 9.53 Å². The number of rotatable bonds is 9. The molecule has 0 fully saturated rings. The number of phenols is 1. The lowest BCUT2D eigenvalue weighted by Crippen LogP contribution is -2.40. The molecule has 9 nitrogen and oxygen atoms in total. The second-order valence-electron chi connectivity index (χ2n) is 8.54. The summed E-state index contributed by atoms with van der Waals surface area (Å²) < 4.78 is 25.4. The van der Waals surface area contributed by atoms with Crippen LogP contribution in [0, 0.1) is 3.57 Å². The smallest absolute Gasteiger partial charge is 0.338 e. The van der Waals surface area contributed by atoms with Crippen molar-refractivity contribution < 1.29 is 28.8 Å². The highest BCUT2D eigenvalue weighted by molar-refractivity contribution is 14.1. The van der Waals surface area contributed by atoms with E-state index in [9.17, 15) is 14.7 Å². The number of carbonyl (C=O) groups excluding carboxylic acids is 1. The fourth-order valence-corrected chi connectivity index (χ4v) is 6.58. The number of ether oxygens (including phenoxy) is 4. The molecule has 0 saturated carbocycles. The number of nitrogens with zero attached hydrogens (tertiary/aromatic N) is 2. The normalized spacial score (nSPS) is 15.0. The first kappa shape index (κ1) is 30.1. The Kier molecular flexibility index (Phi) is 9.62. The molecule has 40 heavy (non-hydrogen) atoms. The molecule has 1 aromatic heterocycles. The lowest BCUT2D eigenvalue weighted by atomic mass is 9.95. The number of allylic oxidation sites excluding steroid dienone is 1. The second kappa shape index (κ2) is 12.8. The standard InChI is InChI=1S/C28H28BrIN2O7S/c1-6-37-20-13-17(29)16(12-19(20)36-5)24-23(27(35)39-8-3)14(4)31-28-32(24)26(34)22(40-28)11-15-9-18(30)25(33)21(10-15)38-7-2/h9-13,24,33H,6-8H2,1-5H3/b22-11+/t24-/m0/s1. The first-order chi connectivity index (χ1) is 19.1. The SMILES string of the molecule is CCOC(=O)C1=C(C)N=c2s/c(=C/c3cc(I)c(O)c(OCC)c3)c(=O)n2[C@H]1c1cc(OC)c(OCC)cc1Br. The summed E-state index contributed by atoms with van der Waals surface area (Å²) in [5.41, 5.74) is 1.67. The van der Waals surface area contributed by atoms with Gasteiger partial charge in [-0.15, -0.1) is 0 Å². The lowest BCUT2D eigenvalue weighted by Gasteiger charge is -2.26. The third-order valence-electron chi connectivity index (χ3n) is 6.04. The van der Waals surface area contributed by atoms with E-state index in [4.69, 9.17) is 18.9 Å². The first-order valence-electron chi connectivity index (χ1n) is 12.5. The van der Waals surface area contributed by atoms with Crippen LogP contribution in [0.3, 0.4) is 0 Å². The molecule has 212 valence electrons. The van der Waals surface area contributed by atoms with Crippen molar-refractivity contribution in [3.8, 4) is 23.0 Å². The van der Waals surface area contributed by atoms with E-state index in [1.807, 2.05) is 36.4 Å². The number of hydrogen-bond acceptors (Lipinski definition) is 9. The van der Waals surface area contributed by atoms with Crippen LogP contribution in [0.1, 0.15) is 44.9 Å². The number of thiazole rings is 1. The fourth-order valence-electron chi connectivity index (χ4n) is 4.37. The van der Waals surface area contributed by atoms with Gasteiger partial charge >= 0.3 is 5.97 Å². The van der Waals surface area contributed by atoms with Gasteiger partial charge in [-0.25, -0.2) is 9.79 Å². The molecule has 2 aromatic carbocycles. The van der Waals surface area contributed by atoms with Crippen LogP contribution in [-0.4, -0.2) is 42.6 Å². The predicted octanol–water partition coefficient (Wildman–Crippen LogP) is 4.68. The molecule has 0 radical (unpaired) electrons. The van der Waals surface area contributed by atoms with Crippen molar-refractivity contribution >= 4 is 61.9 Å². The zero-order valence-electron chi connectivity index (χ0n) is 22.5. The number of benzene rings is 2. The number of esters is 1. The van der Waals surface area contributed by atoms with E-state index < -0.39 is 12.0 Å². The summed E-state index contributed by atoms with van der Waals surface area (Å²) >= 11 is 6.85. The summed E-state index contributed by atoms with van der Waals surface area (Å²) in [6.07, 6.45) is 1.72. The maximum Gasteiger partial charge on any atom is 0.338 e. The summed E-state index contributed by atoms with van der Waals surface area (Å²) in [6.45, 7) is 8.14. The van der Waals surface area contributed by atoms with Crippen LogP contribution in [0.2, 0.25) is 0 Å². The molecule has 1 aliphatic rings. The molecule has 2 heterocycles. The van der Waals surface area contributed by atoms with Crippen molar-refractivity contribution in [2.24, 2.45) is 4.99 Å². The van der Waals surface area contributed by atoms with Crippen LogP contribution in [0.25, 0.3) is 6.08 Å². The van der Waals surface area contributed by atoms with Crippen LogP contribution in [0.4, 0.5) is 0 Å². The summed E-state index contributed by atoms with van der Waals surface area (Å²) in [4.78, 5) is 32.3. The molecule has 0 bridgehead atoms. The van der Waals surface area contributed by atoms with Gasteiger partial charge in [0.1, 0.15) is 0 Å². The molecule has 1 aliphatic heterocycles. The van der Waals surface area contributed by atoms with Crippen molar-refractivity contribution in [2.75, 3.05) is 26.9 Å². The molecule has 0 aliphatic carbocycles. The molecular formula is C28H28BrIN2O7S. The zero-order chi connectivity index (χ0) is 29.1. The molecule has 0 amide bonds. The van der Waals surface area contributed by atoms with Crippen molar-refractivity contribution in [3.63, 3.8) is 0 Å². The van der Waals surface area contributed by atoms with Gasteiger partial charge in [0.25, 0.3) is 5.56 Å². The minimum atomic E-state index is -0.838. The Labute approximate surface area is 257 Å². The Bertz CT molecular complexity index is 1680. The third kappa shape index (κ3) is 5.79. The zero-order valence-corrected chi connectivity index (χ0v) is 27.1. The van der Waals surface area contributed by atoms with Gasteiger partial charge < -0.3 is 24.1 Å². The Morgan fingerprint density at radius 2 is 1.82 bits per heavy atom. The predicted molar refractivity (Wildman–Crippen MR) is 164 cm³/mol. The minimum absolute atomic E-state index is 0.0464. The van der Waals surface area contributed by atoms with Crippen molar-refractivity contribution in [2.45, 2.75) is 33.7 Å². The average molecular weight is 743 g/mol. The highest BCUT2D eigenvalue weighted by atomic mass is 127. The maximum atomic E-state index is 14.0. The van der Waals surface area contributed by atoms with E-state index in [0.717, 1.165) is 0 Å². The van der Waals surface area contributed by atoms with Gasteiger partial charge in [0.05, 0.1) is 52.3 Å². The molecule has 1 atom stereocenters. The van der Waals surface area contributed by atoms with E-state index in [0.29, 0.717) is 64.7 Å². The van der Waals surface area contributed by atoms with Crippen LogP contribution in [0.15, 0.2) is 49.8 Å². The van der Waals surface area contributed by atoms with Gasteiger partial charge in [0, 0.05) is 4.47 Å². The number of halogens is 2. The molecule has 12 heteroatoms. The number of methoxy groups -OCH3 is 1. The van der Waals surface area contributed by atoms with E-state index in [1.165, 1.54) is 23.0 Å². The van der Waals surface area contributed by atoms with Crippen LogP contribution in [0.5, 0.6) is 23.0 Å². The number of carbonyl (C=O) groups is 1. The highest BCUT2D eigenvalue weighted by Gasteiger charge is 2.35. The second-order valence-corrected chi connectivity index (χ2v) is 11.6. The maximum absolute atomic E-state index is 14.0. The number of aromatic nitrogens is 1. The summed E-state index contributed by atoms with van der Waals surface area (Å²) in [6, 6.07) is 6.12. The van der Waals surface area contributed by atoms with Gasteiger partial charge in [0.15, 0.2) is 27.8 Å². The molecule has 1 N–H and O–H groups in total. The molecule has 4 rings (SSSR count). The number of fused-ring (bicyclic) bond motifs is 1. The Morgan fingerprint density at radius 3 is 2.48 bits per heavy atom. The van der Waals surface area contributed by atoms with Gasteiger partial charge in [-0.1, -0.05) is 27.3 Å². The molecule has 0 spiro atoms. The van der Waals surface area contributed by atoms with Gasteiger partial charge in [0.2, 0.25) is 0 Å². The van der Waals surface area contributed by atoms with Gasteiger partial charge in [-0.05, 0) is 91.8 Å². The van der Waals surface area contributed by atoms with Crippen LogP contribution < -0.4 is 29.1 Å². The number of aromatic hydroxyl groups is 1. The minimum Gasteiger partial charge on any atom is -0.504 e. The Balaban J connectivity index is 1.99. The van der Waals surface area contributed by atoms with E-state index in [1.54, 1.807) is 44.2 Å². The molecule has 0 saturated heterocycles. The van der Waals surface area contributed by atoms with Crippen molar-refractivity contribution in [1.29, 1.82) is 0 Å². The average Bonchev–Trinajstić information content (AvgIpc) is 3.21. The van der Waals surface area contributed by atoms with Gasteiger partial charge in [-0.3, -0.25) is 9.36 Å². The summed E-state index contributed by atoms with van der Waals surface area (Å²) in [7, 11) is 1.53. The molecule has 0 unspecified atom stereocenters. The third-order valence-corrected chi connectivity index (χ3v) is 8.53. The van der Waals surface area contributed by atoms with Gasteiger partial charge in [-0.2, -0.15) is 0 Å².